The van der Waals surface area contributed by atoms with Gasteiger partial charge in [0.25, 0.3) is 5.89 Å². The monoisotopic (exact) mass is 336 g/mol. The van der Waals surface area contributed by atoms with E-state index in [0.717, 1.165) is 24.8 Å². The zero-order chi connectivity index (χ0) is 16.4. The number of rotatable bonds is 4. The Morgan fingerprint density at radius 2 is 2.17 bits per heavy atom. The van der Waals surface area contributed by atoms with Crippen molar-refractivity contribution in [3.8, 4) is 11.5 Å². The predicted molar refractivity (Wildman–Crippen MR) is 86.8 cm³/mol. The molecule has 0 aliphatic heterocycles. The van der Waals surface area contributed by atoms with Crippen LogP contribution in [0.2, 0.25) is 0 Å². The summed E-state index contributed by atoms with van der Waals surface area (Å²) in [4.78, 5) is 8.50. The molecular formula is C15H20N4O3S. The maximum atomic E-state index is 11.8. The van der Waals surface area contributed by atoms with Crippen LogP contribution in [0.25, 0.3) is 11.5 Å². The number of hydrogen-bond donors (Lipinski definition) is 1. The average Bonchev–Trinajstić information content (AvgIpc) is 2.94. The Labute approximate surface area is 135 Å². The summed E-state index contributed by atoms with van der Waals surface area (Å²) in [7, 11) is -2.99. The van der Waals surface area contributed by atoms with Gasteiger partial charge >= 0.3 is 0 Å². The third kappa shape index (κ3) is 3.87. The largest absolute Gasteiger partial charge is 0.367 e. The number of pyridine rings is 1. The molecule has 2 atom stereocenters. The first-order valence-electron chi connectivity index (χ1n) is 7.64. The molecule has 1 fully saturated rings. The molecule has 124 valence electrons. The van der Waals surface area contributed by atoms with Crippen molar-refractivity contribution in [2.75, 3.05) is 11.6 Å². The Balaban J connectivity index is 1.73. The van der Waals surface area contributed by atoms with E-state index in [1.165, 1.54) is 6.26 Å². The number of nitrogens with one attached hydrogen (secondary N) is 1. The van der Waals surface area contributed by atoms with Gasteiger partial charge in [-0.3, -0.25) is 0 Å². The molecule has 1 saturated carbocycles. The normalized spacial score (nSPS) is 22.0. The van der Waals surface area contributed by atoms with Crippen LogP contribution < -0.4 is 5.32 Å². The van der Waals surface area contributed by atoms with E-state index < -0.39 is 9.84 Å². The summed E-state index contributed by atoms with van der Waals surface area (Å²) in [6.07, 6.45) is 6.19. The van der Waals surface area contributed by atoms with Gasteiger partial charge in [-0.25, -0.2) is 13.4 Å². The number of sulfone groups is 1. The fourth-order valence-electron chi connectivity index (χ4n) is 2.93. The van der Waals surface area contributed by atoms with Crippen molar-refractivity contribution >= 4 is 15.7 Å². The summed E-state index contributed by atoms with van der Waals surface area (Å²) in [5.74, 6) is 1.72. The lowest BCUT2D eigenvalue weighted by Crippen LogP contribution is -2.34. The van der Waals surface area contributed by atoms with Gasteiger partial charge in [-0.15, -0.1) is 0 Å². The SMILES string of the molecule is Cc1noc(-c2ccnc(NC3CCCC(S(C)(=O)=O)C3)c2)n1. The molecule has 1 aliphatic rings. The molecule has 2 heterocycles. The highest BCUT2D eigenvalue weighted by Gasteiger charge is 2.29. The molecule has 0 amide bonds. The predicted octanol–water partition coefficient (Wildman–Crippen LogP) is 2.21. The first-order chi connectivity index (χ1) is 10.9. The van der Waals surface area contributed by atoms with E-state index >= 15 is 0 Å². The van der Waals surface area contributed by atoms with Crippen molar-refractivity contribution in [1.29, 1.82) is 0 Å². The van der Waals surface area contributed by atoms with E-state index in [1.807, 2.05) is 6.07 Å². The van der Waals surface area contributed by atoms with Gasteiger partial charge in [0.1, 0.15) is 15.7 Å². The highest BCUT2D eigenvalue weighted by molar-refractivity contribution is 7.91. The minimum Gasteiger partial charge on any atom is -0.367 e. The van der Waals surface area contributed by atoms with Crippen molar-refractivity contribution in [2.45, 2.75) is 43.9 Å². The van der Waals surface area contributed by atoms with E-state index in [-0.39, 0.29) is 11.3 Å². The van der Waals surface area contributed by atoms with Gasteiger partial charge in [0.15, 0.2) is 5.82 Å². The van der Waals surface area contributed by atoms with Crippen molar-refractivity contribution in [2.24, 2.45) is 0 Å². The number of aromatic nitrogens is 3. The Morgan fingerprint density at radius 1 is 1.35 bits per heavy atom. The maximum absolute atomic E-state index is 11.8. The van der Waals surface area contributed by atoms with Crippen LogP contribution in [0.5, 0.6) is 0 Å². The molecule has 0 aromatic carbocycles. The number of hydrogen-bond acceptors (Lipinski definition) is 7. The molecule has 0 radical (unpaired) electrons. The molecule has 1 aliphatic carbocycles. The van der Waals surface area contributed by atoms with Crippen LogP contribution in [-0.2, 0) is 9.84 Å². The lowest BCUT2D eigenvalue weighted by Gasteiger charge is -2.29. The van der Waals surface area contributed by atoms with Gasteiger partial charge < -0.3 is 9.84 Å². The Bertz CT molecular complexity index is 788. The van der Waals surface area contributed by atoms with E-state index in [9.17, 15) is 8.42 Å². The Morgan fingerprint density at radius 3 is 2.87 bits per heavy atom. The average molecular weight is 336 g/mol. The molecule has 2 unspecified atom stereocenters. The van der Waals surface area contributed by atoms with Crippen molar-refractivity contribution in [3.63, 3.8) is 0 Å². The molecule has 1 N–H and O–H groups in total. The molecule has 3 rings (SSSR count). The smallest absolute Gasteiger partial charge is 0.258 e. The molecule has 8 heteroatoms. The molecule has 23 heavy (non-hydrogen) atoms. The van der Waals surface area contributed by atoms with Gasteiger partial charge in [-0.1, -0.05) is 11.6 Å². The molecule has 0 bridgehead atoms. The van der Waals surface area contributed by atoms with E-state index in [1.54, 1.807) is 19.2 Å². The number of nitrogens with zero attached hydrogens (tertiary/aromatic N) is 3. The summed E-state index contributed by atoms with van der Waals surface area (Å²) in [6.45, 7) is 1.76. The second-order valence-corrected chi connectivity index (χ2v) is 8.36. The first kappa shape index (κ1) is 15.9. The zero-order valence-electron chi connectivity index (χ0n) is 13.2. The summed E-state index contributed by atoms with van der Waals surface area (Å²) in [5, 5.41) is 6.85. The Hall–Kier alpha value is -1.96. The van der Waals surface area contributed by atoms with Gasteiger partial charge in [0.2, 0.25) is 0 Å². The second-order valence-electron chi connectivity index (χ2n) is 6.04. The second kappa shape index (κ2) is 6.27. The topological polar surface area (TPSA) is 98.0 Å². The van der Waals surface area contributed by atoms with Crippen molar-refractivity contribution in [1.82, 2.24) is 15.1 Å². The van der Waals surface area contributed by atoms with E-state index in [4.69, 9.17) is 4.52 Å². The van der Waals surface area contributed by atoms with Crippen LogP contribution in [0.4, 0.5) is 5.82 Å². The first-order valence-corrected chi connectivity index (χ1v) is 9.59. The minimum absolute atomic E-state index is 0.107. The fraction of sp³-hybridized carbons (Fsp3) is 0.533. The lowest BCUT2D eigenvalue weighted by molar-refractivity contribution is 0.425. The quantitative estimate of drug-likeness (QED) is 0.914. The number of anilines is 1. The van der Waals surface area contributed by atoms with Crippen LogP contribution in [-0.4, -0.2) is 41.1 Å². The van der Waals surface area contributed by atoms with Gasteiger partial charge in [0, 0.05) is 24.1 Å². The molecule has 2 aromatic rings. The summed E-state index contributed by atoms with van der Waals surface area (Å²) in [6, 6.07) is 3.76. The van der Waals surface area contributed by atoms with Crippen LogP contribution in [0, 0.1) is 6.92 Å². The van der Waals surface area contributed by atoms with Gasteiger partial charge in [-0.05, 0) is 38.3 Å². The van der Waals surface area contributed by atoms with Crippen LogP contribution in [0.3, 0.4) is 0 Å². The van der Waals surface area contributed by atoms with Crippen LogP contribution in [0.15, 0.2) is 22.9 Å². The highest BCUT2D eigenvalue weighted by Crippen LogP contribution is 2.27. The van der Waals surface area contributed by atoms with E-state index in [2.05, 4.69) is 20.4 Å². The molecule has 7 nitrogen and oxygen atoms in total. The maximum Gasteiger partial charge on any atom is 0.258 e. The van der Waals surface area contributed by atoms with Gasteiger partial charge in [0.05, 0.1) is 5.25 Å². The standard InChI is InChI=1S/C15H20N4O3S/c1-10-17-15(22-19-10)11-6-7-16-14(8-11)18-12-4-3-5-13(9-12)23(2,20)21/h6-8,12-13H,3-5,9H2,1-2H3,(H,16,18). The lowest BCUT2D eigenvalue weighted by atomic mass is 9.95. The van der Waals surface area contributed by atoms with Crippen molar-refractivity contribution < 1.29 is 12.9 Å². The third-order valence-electron chi connectivity index (χ3n) is 4.12. The molecule has 2 aromatic heterocycles. The van der Waals surface area contributed by atoms with E-state index in [0.29, 0.717) is 24.0 Å². The van der Waals surface area contributed by atoms with Crippen molar-refractivity contribution in [3.05, 3.63) is 24.2 Å². The third-order valence-corrected chi connectivity index (χ3v) is 5.76. The van der Waals surface area contributed by atoms with Crippen LogP contribution >= 0.6 is 0 Å². The Kier molecular flexibility index (Phi) is 4.34. The zero-order valence-corrected chi connectivity index (χ0v) is 14.0. The summed E-state index contributed by atoms with van der Waals surface area (Å²) >= 11 is 0. The molecule has 0 saturated heterocycles. The minimum atomic E-state index is -2.99. The van der Waals surface area contributed by atoms with Gasteiger partial charge in [-0.2, -0.15) is 4.98 Å². The fourth-order valence-corrected chi connectivity index (χ4v) is 4.11. The van der Waals surface area contributed by atoms with Crippen LogP contribution in [0.1, 0.15) is 31.5 Å². The molecule has 0 spiro atoms. The molecular weight excluding hydrogens is 316 g/mol. The summed E-state index contributed by atoms with van der Waals surface area (Å²) in [5.41, 5.74) is 0.790. The number of aryl methyl sites for hydroxylation is 1. The highest BCUT2D eigenvalue weighted by atomic mass is 32.2. The summed E-state index contributed by atoms with van der Waals surface area (Å²) < 4.78 is 28.7.